The third-order valence-corrected chi connectivity index (χ3v) is 2.19. The molecule has 1 N–H and O–H groups in total. The van der Waals surface area contributed by atoms with E-state index >= 15 is 0 Å². The molecule has 2 aromatic rings. The van der Waals surface area contributed by atoms with E-state index in [0.29, 0.717) is 5.65 Å². The van der Waals surface area contributed by atoms with Crippen molar-refractivity contribution < 1.29 is 9.90 Å². The summed E-state index contributed by atoms with van der Waals surface area (Å²) in [4.78, 5) is 10.8. The zero-order valence-corrected chi connectivity index (χ0v) is 8.34. The van der Waals surface area contributed by atoms with Gasteiger partial charge in [0.25, 0.3) is 0 Å². The van der Waals surface area contributed by atoms with E-state index in [9.17, 15) is 4.79 Å². The Balaban J connectivity index is 2.56. The van der Waals surface area contributed by atoms with Gasteiger partial charge in [0.15, 0.2) is 5.65 Å². The lowest BCUT2D eigenvalue weighted by Crippen LogP contribution is -2.00. The van der Waals surface area contributed by atoms with E-state index in [1.54, 1.807) is 16.7 Å². The molecule has 0 aliphatic rings. The van der Waals surface area contributed by atoms with Crippen molar-refractivity contribution in [2.75, 3.05) is 0 Å². The van der Waals surface area contributed by atoms with E-state index in [2.05, 4.69) is 10.2 Å². The Hall–Kier alpha value is -1.91. The summed E-state index contributed by atoms with van der Waals surface area (Å²) in [5.74, 6) is -0.136. The minimum absolute atomic E-state index is 0.250. The first-order valence-corrected chi connectivity index (χ1v) is 4.79. The van der Waals surface area contributed by atoms with Gasteiger partial charge in [-0.25, -0.2) is 4.79 Å². The quantitative estimate of drug-likeness (QED) is 0.821. The van der Waals surface area contributed by atoms with Gasteiger partial charge in [0, 0.05) is 12.6 Å². The third-order valence-electron chi connectivity index (χ3n) is 2.19. The number of carboxylic acids is 1. The highest BCUT2D eigenvalue weighted by molar-refractivity contribution is 5.87. The Labute approximate surface area is 86.4 Å². The molecule has 0 unspecified atom stereocenters. The second-order valence-electron chi connectivity index (χ2n) is 3.32. The fraction of sp³-hybridized carbons (Fsp3) is 0.300. The van der Waals surface area contributed by atoms with Crippen LogP contribution in [0.2, 0.25) is 0 Å². The van der Waals surface area contributed by atoms with Crippen molar-refractivity contribution in [1.82, 2.24) is 14.6 Å². The largest absolute Gasteiger partial charge is 0.478 e. The molecule has 2 heterocycles. The fourth-order valence-corrected chi connectivity index (χ4v) is 1.46. The average Bonchev–Trinajstić information content (AvgIpc) is 2.61. The standard InChI is InChI=1S/C10H11N3O2/c1-2-3-8-11-12-9-5-4-7(10(14)15)6-13(8)9/h4-6H,2-3H2,1H3,(H,14,15). The molecule has 0 aromatic carbocycles. The number of fused-ring (bicyclic) bond motifs is 1. The van der Waals surface area contributed by atoms with Gasteiger partial charge in [0.1, 0.15) is 5.82 Å². The first-order valence-electron chi connectivity index (χ1n) is 4.79. The molecular weight excluding hydrogens is 194 g/mol. The second-order valence-corrected chi connectivity index (χ2v) is 3.32. The van der Waals surface area contributed by atoms with Crippen LogP contribution in [0.1, 0.15) is 29.5 Å². The topological polar surface area (TPSA) is 67.5 Å². The summed E-state index contributed by atoms with van der Waals surface area (Å²) in [5, 5.41) is 16.8. The van der Waals surface area contributed by atoms with Crippen LogP contribution in [-0.4, -0.2) is 25.7 Å². The van der Waals surface area contributed by atoms with Crippen LogP contribution in [-0.2, 0) is 6.42 Å². The predicted octanol–water partition coefficient (Wildman–Crippen LogP) is 1.38. The normalized spacial score (nSPS) is 10.7. The van der Waals surface area contributed by atoms with Crippen LogP contribution in [0.4, 0.5) is 0 Å². The number of aryl methyl sites for hydroxylation is 1. The second kappa shape index (κ2) is 3.68. The van der Waals surface area contributed by atoms with E-state index in [1.807, 2.05) is 6.92 Å². The minimum Gasteiger partial charge on any atom is -0.478 e. The van der Waals surface area contributed by atoms with Gasteiger partial charge >= 0.3 is 5.97 Å². The van der Waals surface area contributed by atoms with Gasteiger partial charge in [-0.05, 0) is 18.6 Å². The Bertz CT molecular complexity index is 504. The molecule has 2 rings (SSSR count). The van der Waals surface area contributed by atoms with E-state index in [1.165, 1.54) is 6.07 Å². The molecule has 0 atom stereocenters. The highest BCUT2D eigenvalue weighted by Crippen LogP contribution is 2.08. The molecule has 15 heavy (non-hydrogen) atoms. The first-order chi connectivity index (χ1) is 7.22. The van der Waals surface area contributed by atoms with Gasteiger partial charge < -0.3 is 5.11 Å². The summed E-state index contributed by atoms with van der Waals surface area (Å²) < 4.78 is 1.73. The van der Waals surface area contributed by atoms with Crippen molar-refractivity contribution in [3.63, 3.8) is 0 Å². The van der Waals surface area contributed by atoms with Gasteiger partial charge in [-0.1, -0.05) is 6.92 Å². The molecule has 5 nitrogen and oxygen atoms in total. The molecule has 0 fully saturated rings. The number of hydrogen-bond acceptors (Lipinski definition) is 3. The fourth-order valence-electron chi connectivity index (χ4n) is 1.46. The summed E-state index contributed by atoms with van der Waals surface area (Å²) >= 11 is 0. The van der Waals surface area contributed by atoms with Crippen molar-refractivity contribution in [3.05, 3.63) is 29.7 Å². The average molecular weight is 205 g/mol. The lowest BCUT2D eigenvalue weighted by atomic mass is 10.3. The van der Waals surface area contributed by atoms with Gasteiger partial charge in [-0.15, -0.1) is 10.2 Å². The van der Waals surface area contributed by atoms with Gasteiger partial charge in [-0.2, -0.15) is 0 Å². The number of hydrogen-bond donors (Lipinski definition) is 1. The number of aromatic nitrogens is 3. The molecule has 0 bridgehead atoms. The maximum atomic E-state index is 10.8. The number of carboxylic acid groups (broad SMARTS) is 1. The highest BCUT2D eigenvalue weighted by atomic mass is 16.4. The molecule has 0 radical (unpaired) electrons. The number of carbonyl (C=O) groups is 1. The number of rotatable bonds is 3. The number of nitrogens with zero attached hydrogens (tertiary/aromatic N) is 3. The molecule has 0 aliphatic carbocycles. The SMILES string of the molecule is CCCc1nnc2ccc(C(=O)O)cn12. The minimum atomic E-state index is -0.937. The van der Waals surface area contributed by atoms with Crippen LogP contribution in [0.5, 0.6) is 0 Å². The molecule has 0 saturated carbocycles. The molecular formula is C10H11N3O2. The van der Waals surface area contributed by atoms with Crippen molar-refractivity contribution in [2.45, 2.75) is 19.8 Å². The zero-order valence-electron chi connectivity index (χ0n) is 8.34. The Kier molecular flexibility index (Phi) is 2.37. The first kappa shape index (κ1) is 9.64. The van der Waals surface area contributed by atoms with Crippen LogP contribution >= 0.6 is 0 Å². The van der Waals surface area contributed by atoms with Gasteiger partial charge in [0.05, 0.1) is 5.56 Å². The Morgan fingerprint density at radius 1 is 1.47 bits per heavy atom. The Morgan fingerprint density at radius 3 is 2.93 bits per heavy atom. The molecule has 78 valence electrons. The smallest absolute Gasteiger partial charge is 0.337 e. The maximum absolute atomic E-state index is 10.8. The van der Waals surface area contributed by atoms with Crippen LogP contribution in [0.25, 0.3) is 5.65 Å². The van der Waals surface area contributed by atoms with Crippen molar-refractivity contribution in [1.29, 1.82) is 0 Å². The Morgan fingerprint density at radius 2 is 2.27 bits per heavy atom. The molecule has 5 heteroatoms. The molecule has 0 amide bonds. The van der Waals surface area contributed by atoms with Crippen molar-refractivity contribution >= 4 is 11.6 Å². The summed E-state index contributed by atoms with van der Waals surface area (Å²) in [6.45, 7) is 2.04. The molecule has 0 aliphatic heterocycles. The van der Waals surface area contributed by atoms with Crippen LogP contribution in [0, 0.1) is 0 Å². The summed E-state index contributed by atoms with van der Waals surface area (Å²) in [6.07, 6.45) is 3.31. The molecule has 0 spiro atoms. The van der Waals surface area contributed by atoms with E-state index in [0.717, 1.165) is 18.7 Å². The maximum Gasteiger partial charge on any atom is 0.337 e. The lowest BCUT2D eigenvalue weighted by molar-refractivity contribution is 0.0696. The monoisotopic (exact) mass is 205 g/mol. The highest BCUT2D eigenvalue weighted by Gasteiger charge is 2.08. The molecule has 0 saturated heterocycles. The van der Waals surface area contributed by atoms with E-state index < -0.39 is 5.97 Å². The van der Waals surface area contributed by atoms with Crippen molar-refractivity contribution in [2.24, 2.45) is 0 Å². The van der Waals surface area contributed by atoms with Gasteiger partial charge in [0.2, 0.25) is 0 Å². The number of aromatic carboxylic acids is 1. The zero-order chi connectivity index (χ0) is 10.8. The van der Waals surface area contributed by atoms with E-state index in [-0.39, 0.29) is 5.56 Å². The van der Waals surface area contributed by atoms with E-state index in [4.69, 9.17) is 5.11 Å². The summed E-state index contributed by atoms with van der Waals surface area (Å²) in [6, 6.07) is 3.19. The van der Waals surface area contributed by atoms with Crippen LogP contribution < -0.4 is 0 Å². The lowest BCUT2D eigenvalue weighted by Gasteiger charge is -1.99. The summed E-state index contributed by atoms with van der Waals surface area (Å²) in [7, 11) is 0. The van der Waals surface area contributed by atoms with Crippen molar-refractivity contribution in [3.8, 4) is 0 Å². The third kappa shape index (κ3) is 1.68. The summed E-state index contributed by atoms with van der Waals surface area (Å²) in [5.41, 5.74) is 0.933. The van der Waals surface area contributed by atoms with Crippen LogP contribution in [0.15, 0.2) is 18.3 Å². The predicted molar refractivity (Wildman–Crippen MR) is 53.9 cm³/mol. The van der Waals surface area contributed by atoms with Crippen LogP contribution in [0.3, 0.4) is 0 Å². The van der Waals surface area contributed by atoms with Gasteiger partial charge in [-0.3, -0.25) is 4.40 Å². The molecule has 2 aromatic heterocycles. The number of pyridine rings is 1.